The van der Waals surface area contributed by atoms with Gasteiger partial charge < -0.3 is 10.2 Å². The Hall–Kier alpha value is -2.13. The van der Waals surface area contributed by atoms with Crippen LogP contribution in [0.25, 0.3) is 0 Å². The van der Waals surface area contributed by atoms with Crippen LogP contribution < -0.4 is 5.32 Å². The minimum Gasteiger partial charge on any atom is -0.352 e. The van der Waals surface area contributed by atoms with E-state index in [0.717, 1.165) is 36.4 Å². The van der Waals surface area contributed by atoms with Crippen LogP contribution in [-0.4, -0.2) is 55.1 Å². The Labute approximate surface area is 223 Å². The highest BCUT2D eigenvalue weighted by Gasteiger charge is 2.33. The van der Waals surface area contributed by atoms with Crippen molar-refractivity contribution in [3.8, 4) is 0 Å². The van der Waals surface area contributed by atoms with Crippen molar-refractivity contribution in [3.05, 3.63) is 64.1 Å². The molecule has 1 fully saturated rings. The monoisotopic (exact) mass is 553 g/mol. The summed E-state index contributed by atoms with van der Waals surface area (Å²) in [6.07, 6.45) is 5.51. The molecular weight excluding hydrogens is 521 g/mol. The Morgan fingerprint density at radius 2 is 1.67 bits per heavy atom. The van der Waals surface area contributed by atoms with Gasteiger partial charge in [0.25, 0.3) is 0 Å². The number of halogens is 2. The number of benzene rings is 2. The summed E-state index contributed by atoms with van der Waals surface area (Å²) in [4.78, 5) is 28.4. The van der Waals surface area contributed by atoms with Crippen molar-refractivity contribution >= 4 is 45.0 Å². The molecule has 1 aliphatic carbocycles. The van der Waals surface area contributed by atoms with Gasteiger partial charge in [0.2, 0.25) is 21.8 Å². The number of amides is 2. The Balaban J connectivity index is 1.84. The van der Waals surface area contributed by atoms with Crippen molar-refractivity contribution in [1.29, 1.82) is 0 Å². The van der Waals surface area contributed by atoms with Gasteiger partial charge in [0.1, 0.15) is 6.04 Å². The second-order valence-electron chi connectivity index (χ2n) is 9.10. The Morgan fingerprint density at radius 1 is 1.03 bits per heavy atom. The van der Waals surface area contributed by atoms with E-state index < -0.39 is 28.5 Å². The maximum Gasteiger partial charge on any atom is 0.243 e. The Morgan fingerprint density at radius 3 is 2.28 bits per heavy atom. The number of hydrogen-bond donors (Lipinski definition) is 1. The number of sulfonamides is 1. The second kappa shape index (κ2) is 12.9. The summed E-state index contributed by atoms with van der Waals surface area (Å²) in [6, 6.07) is 12.2. The number of hydrogen-bond acceptors (Lipinski definition) is 4. The van der Waals surface area contributed by atoms with Gasteiger partial charge in [0.05, 0.1) is 11.4 Å². The zero-order valence-corrected chi connectivity index (χ0v) is 23.0. The molecule has 0 heterocycles. The van der Waals surface area contributed by atoms with Crippen molar-refractivity contribution in [2.24, 2.45) is 0 Å². The van der Waals surface area contributed by atoms with Gasteiger partial charge in [-0.25, -0.2) is 8.42 Å². The van der Waals surface area contributed by atoms with E-state index in [1.807, 2.05) is 13.0 Å². The lowest BCUT2D eigenvalue weighted by Gasteiger charge is -2.33. The van der Waals surface area contributed by atoms with Crippen molar-refractivity contribution in [1.82, 2.24) is 14.5 Å². The quantitative estimate of drug-likeness (QED) is 0.454. The predicted molar refractivity (Wildman–Crippen MR) is 142 cm³/mol. The summed E-state index contributed by atoms with van der Waals surface area (Å²) < 4.78 is 27.1. The average Bonchev–Trinajstić information content (AvgIpc) is 2.85. The lowest BCUT2D eigenvalue weighted by Crippen LogP contribution is -2.53. The van der Waals surface area contributed by atoms with E-state index in [1.165, 1.54) is 36.2 Å². The zero-order chi connectivity index (χ0) is 26.3. The molecular formula is C26H33Cl2N3O4S. The molecule has 0 saturated heterocycles. The van der Waals surface area contributed by atoms with Crippen molar-refractivity contribution in [2.75, 3.05) is 13.6 Å². The Kier molecular flexibility index (Phi) is 10.2. The number of likely N-dealkylation sites (N-methyl/N-ethyl adjacent to an activating group) is 1. The topological polar surface area (TPSA) is 86.8 Å². The van der Waals surface area contributed by atoms with Crippen molar-refractivity contribution in [3.63, 3.8) is 0 Å². The SMILES string of the molecule is CC[C@H](C(=O)NC1CCCCC1)N(Cc1ccccc1Cl)C(=O)CN(C)S(=O)(=O)c1ccc(Cl)cc1. The molecule has 10 heteroatoms. The summed E-state index contributed by atoms with van der Waals surface area (Å²) in [5.41, 5.74) is 0.680. The lowest BCUT2D eigenvalue weighted by atomic mass is 9.95. The molecule has 0 bridgehead atoms. The minimum absolute atomic E-state index is 0.0296. The number of nitrogens with zero attached hydrogens (tertiary/aromatic N) is 2. The van der Waals surface area contributed by atoms with E-state index in [-0.39, 0.29) is 23.4 Å². The zero-order valence-electron chi connectivity index (χ0n) is 20.6. The first-order valence-corrected chi connectivity index (χ1v) is 14.4. The normalized spacial score (nSPS) is 15.5. The molecule has 1 saturated carbocycles. The summed E-state index contributed by atoms with van der Waals surface area (Å²) in [7, 11) is -2.59. The number of nitrogens with one attached hydrogen (secondary N) is 1. The van der Waals surface area contributed by atoms with Gasteiger partial charge in [-0.2, -0.15) is 4.31 Å². The van der Waals surface area contributed by atoms with Gasteiger partial charge in [-0.3, -0.25) is 9.59 Å². The highest BCUT2D eigenvalue weighted by molar-refractivity contribution is 7.89. The molecule has 2 amide bonds. The van der Waals surface area contributed by atoms with Gasteiger partial charge in [0.15, 0.2) is 0 Å². The summed E-state index contributed by atoms with van der Waals surface area (Å²) in [5.74, 6) is -0.714. The van der Waals surface area contributed by atoms with E-state index in [9.17, 15) is 18.0 Å². The third kappa shape index (κ3) is 7.22. The molecule has 1 aliphatic rings. The van der Waals surface area contributed by atoms with Crippen molar-refractivity contribution in [2.45, 2.75) is 69.0 Å². The van der Waals surface area contributed by atoms with Crippen LogP contribution in [0.1, 0.15) is 51.0 Å². The highest BCUT2D eigenvalue weighted by Crippen LogP contribution is 2.23. The van der Waals surface area contributed by atoms with Crippen LogP contribution >= 0.6 is 23.2 Å². The molecule has 196 valence electrons. The molecule has 7 nitrogen and oxygen atoms in total. The van der Waals surface area contributed by atoms with Gasteiger partial charge in [0, 0.05) is 29.7 Å². The lowest BCUT2D eigenvalue weighted by molar-refractivity contribution is -0.141. The fourth-order valence-corrected chi connectivity index (χ4v) is 5.87. The predicted octanol–water partition coefficient (Wildman–Crippen LogP) is 4.87. The molecule has 0 aliphatic heterocycles. The van der Waals surface area contributed by atoms with E-state index in [0.29, 0.717) is 22.0 Å². The van der Waals surface area contributed by atoms with Crippen LogP contribution in [0.3, 0.4) is 0 Å². The number of carbonyl (C=O) groups excluding carboxylic acids is 2. The molecule has 0 radical (unpaired) electrons. The molecule has 0 spiro atoms. The fraction of sp³-hybridized carbons (Fsp3) is 0.462. The minimum atomic E-state index is -3.94. The van der Waals surface area contributed by atoms with Gasteiger partial charge in [-0.15, -0.1) is 0 Å². The van der Waals surface area contributed by atoms with E-state index in [4.69, 9.17) is 23.2 Å². The summed E-state index contributed by atoms with van der Waals surface area (Å²) >= 11 is 12.3. The fourth-order valence-electron chi connectivity index (χ4n) is 4.43. The third-order valence-corrected chi connectivity index (χ3v) is 8.95. The van der Waals surface area contributed by atoms with Crippen LogP contribution in [0, 0.1) is 0 Å². The Bertz CT molecular complexity index is 1150. The first kappa shape index (κ1) is 28.4. The van der Waals surface area contributed by atoms with Crippen LogP contribution in [0.5, 0.6) is 0 Å². The molecule has 0 unspecified atom stereocenters. The third-order valence-electron chi connectivity index (χ3n) is 6.52. The summed E-state index contributed by atoms with van der Waals surface area (Å²) in [5, 5.41) is 3.99. The maximum absolute atomic E-state index is 13.6. The van der Waals surface area contributed by atoms with Crippen LogP contribution in [0.4, 0.5) is 0 Å². The first-order chi connectivity index (χ1) is 17.1. The smallest absolute Gasteiger partial charge is 0.243 e. The standard InChI is InChI=1S/C26H33Cl2N3O4S/c1-3-24(26(33)29-21-10-5-4-6-11-21)31(17-19-9-7-8-12-23(19)28)25(32)18-30(2)36(34,35)22-15-13-20(27)14-16-22/h7-9,12-16,21,24H,3-6,10-11,17-18H2,1-2H3,(H,29,33)/t24-/m1/s1. The highest BCUT2D eigenvalue weighted by atomic mass is 35.5. The largest absolute Gasteiger partial charge is 0.352 e. The first-order valence-electron chi connectivity index (χ1n) is 12.2. The van der Waals surface area contributed by atoms with E-state index >= 15 is 0 Å². The average molecular weight is 555 g/mol. The van der Waals surface area contributed by atoms with Crippen LogP contribution in [0.2, 0.25) is 10.0 Å². The summed E-state index contributed by atoms with van der Waals surface area (Å²) in [6.45, 7) is 1.50. The molecule has 3 rings (SSSR count). The molecule has 2 aromatic rings. The molecule has 36 heavy (non-hydrogen) atoms. The molecule has 1 atom stereocenters. The van der Waals surface area contributed by atoms with E-state index in [1.54, 1.807) is 18.2 Å². The maximum atomic E-state index is 13.6. The van der Waals surface area contributed by atoms with Crippen LogP contribution in [-0.2, 0) is 26.2 Å². The van der Waals surface area contributed by atoms with E-state index in [2.05, 4.69) is 5.32 Å². The second-order valence-corrected chi connectivity index (χ2v) is 12.0. The number of carbonyl (C=O) groups is 2. The molecule has 0 aromatic heterocycles. The number of rotatable bonds is 10. The van der Waals surface area contributed by atoms with Gasteiger partial charge >= 0.3 is 0 Å². The van der Waals surface area contributed by atoms with Crippen molar-refractivity contribution < 1.29 is 18.0 Å². The van der Waals surface area contributed by atoms with Crippen LogP contribution in [0.15, 0.2) is 53.4 Å². The van der Waals surface area contributed by atoms with Gasteiger partial charge in [-0.1, -0.05) is 67.6 Å². The molecule has 1 N–H and O–H groups in total. The molecule has 2 aromatic carbocycles. The van der Waals surface area contributed by atoms with Gasteiger partial charge in [-0.05, 0) is 55.2 Å².